The third-order valence-corrected chi connectivity index (χ3v) is 8.74. The van der Waals surface area contributed by atoms with Gasteiger partial charge in [-0.1, -0.05) is 109 Å². The maximum absolute atomic E-state index is 12.6. The normalized spacial score (nSPS) is 12.2. The Morgan fingerprint density at radius 3 is 1.44 bits per heavy atom. The quantitative estimate of drug-likeness (QED) is 0.0445. The van der Waals surface area contributed by atoms with Gasteiger partial charge in [0.25, 0.3) is 0 Å². The van der Waals surface area contributed by atoms with Crippen LogP contribution in [0.2, 0.25) is 0 Å². The van der Waals surface area contributed by atoms with Gasteiger partial charge in [-0.15, -0.1) is 0 Å². The summed E-state index contributed by atoms with van der Waals surface area (Å²) in [7, 11) is 0. The minimum atomic E-state index is -0.222. The molecule has 0 aliphatic carbocycles. The fourth-order valence-corrected chi connectivity index (χ4v) is 5.53. The molecule has 0 saturated carbocycles. The van der Waals surface area contributed by atoms with Gasteiger partial charge in [-0.05, 0) is 79.5 Å². The monoisotopic (exact) mass is 708 g/mol. The number of ether oxygens (including phenoxy) is 3. The van der Waals surface area contributed by atoms with E-state index in [9.17, 15) is 9.59 Å². The van der Waals surface area contributed by atoms with E-state index in [0.29, 0.717) is 52.8 Å². The fraction of sp³-hybridized carbons (Fsp3) is 0.395. The molecule has 2 unspecified atom stereocenters. The van der Waals surface area contributed by atoms with E-state index in [1.54, 1.807) is 0 Å². The van der Waals surface area contributed by atoms with Gasteiger partial charge in [0.05, 0.1) is 18.8 Å². The molecule has 0 aliphatic rings. The lowest BCUT2D eigenvalue weighted by atomic mass is 9.97. The van der Waals surface area contributed by atoms with Crippen molar-refractivity contribution in [1.29, 1.82) is 0 Å². The molecule has 9 heteroatoms. The van der Waals surface area contributed by atoms with Gasteiger partial charge in [0.2, 0.25) is 5.91 Å². The smallest absolute Gasteiger partial charge is 0.314 e. The zero-order valence-electron chi connectivity index (χ0n) is 30.8. The van der Waals surface area contributed by atoms with Crippen molar-refractivity contribution in [3.8, 4) is 22.3 Å². The Labute approximate surface area is 309 Å². The summed E-state index contributed by atoms with van der Waals surface area (Å²) in [6.45, 7) is 9.30. The molecule has 0 aliphatic heterocycles. The molecule has 0 radical (unpaired) electrons. The Morgan fingerprint density at radius 2 is 0.942 bits per heavy atom. The van der Waals surface area contributed by atoms with Gasteiger partial charge in [0.1, 0.15) is 0 Å². The van der Waals surface area contributed by atoms with Gasteiger partial charge in [0, 0.05) is 46.1 Å². The number of urea groups is 1. The summed E-state index contributed by atoms with van der Waals surface area (Å²) in [6.07, 6.45) is 3.10. The van der Waals surface area contributed by atoms with Crippen molar-refractivity contribution in [3.63, 3.8) is 0 Å². The Balaban J connectivity index is 0.887. The molecule has 4 aromatic carbocycles. The third-order valence-electron chi connectivity index (χ3n) is 8.74. The molecule has 4 aromatic rings. The van der Waals surface area contributed by atoms with E-state index in [2.05, 4.69) is 101 Å². The van der Waals surface area contributed by atoms with E-state index in [4.69, 9.17) is 14.2 Å². The number of hydrogen-bond donors (Lipinski definition) is 4. The summed E-state index contributed by atoms with van der Waals surface area (Å²) in [4.78, 5) is 24.6. The molecule has 0 heterocycles. The first-order chi connectivity index (χ1) is 25.5. The zero-order chi connectivity index (χ0) is 36.6. The van der Waals surface area contributed by atoms with Crippen LogP contribution in [-0.2, 0) is 19.0 Å². The lowest BCUT2D eigenvalue weighted by molar-refractivity contribution is -0.122. The molecule has 9 nitrogen and oxygen atoms in total. The average molecular weight is 709 g/mol. The number of hydrogen-bond acceptors (Lipinski definition) is 6. The number of carbonyl (C=O) groups excluding carboxylic acids is 2. The van der Waals surface area contributed by atoms with Crippen molar-refractivity contribution in [3.05, 3.63) is 120 Å². The predicted octanol–water partition coefficient (Wildman–Crippen LogP) is 7.46. The molecule has 4 rings (SSSR count). The number of nitrogens with one attached hydrogen (secondary N) is 4. The second-order valence-corrected chi connectivity index (χ2v) is 12.8. The molecular weight excluding hydrogens is 652 g/mol. The molecule has 3 amide bonds. The summed E-state index contributed by atoms with van der Waals surface area (Å²) < 4.78 is 17.3. The highest BCUT2D eigenvalue weighted by Gasteiger charge is 2.14. The van der Waals surface area contributed by atoms with Gasteiger partial charge < -0.3 is 30.2 Å². The number of benzene rings is 4. The van der Waals surface area contributed by atoms with E-state index in [0.717, 1.165) is 54.5 Å². The first-order valence-electron chi connectivity index (χ1n) is 18.6. The Hall–Kier alpha value is -4.54. The van der Waals surface area contributed by atoms with Gasteiger partial charge in [0.15, 0.2) is 0 Å². The standard InChI is InChI=1S/C43H56N4O5/c1-34(36-17-21-40(22-18-36)38-13-5-3-6-14-38)42(48)45-26-10-30-51-32-12-28-47-43(49)46-27-11-31-50-29-9-25-44-33-52-35(2)37-19-23-41(24-20-37)39-15-7-4-8-16-39/h3-8,13-24,34-35,44H,9-12,25-33H2,1-2H3,(H,45,48)(H2,46,47,49). The summed E-state index contributed by atoms with van der Waals surface area (Å²) in [6, 6.07) is 37.1. The van der Waals surface area contributed by atoms with Gasteiger partial charge in [-0.25, -0.2) is 4.79 Å². The van der Waals surface area contributed by atoms with E-state index in [1.807, 2.05) is 43.3 Å². The van der Waals surface area contributed by atoms with Crippen LogP contribution in [0.4, 0.5) is 4.79 Å². The minimum Gasteiger partial charge on any atom is -0.381 e. The van der Waals surface area contributed by atoms with Crippen molar-refractivity contribution in [1.82, 2.24) is 21.3 Å². The first kappa shape index (κ1) is 40.2. The molecule has 0 fully saturated rings. The highest BCUT2D eigenvalue weighted by Crippen LogP contribution is 2.24. The van der Waals surface area contributed by atoms with Crippen LogP contribution >= 0.6 is 0 Å². The first-order valence-corrected chi connectivity index (χ1v) is 18.6. The number of rotatable bonds is 24. The number of amides is 3. The highest BCUT2D eigenvalue weighted by atomic mass is 16.5. The summed E-state index contributed by atoms with van der Waals surface area (Å²) in [5.41, 5.74) is 6.85. The topological polar surface area (TPSA) is 110 Å². The minimum absolute atomic E-state index is 0.00876. The number of carbonyl (C=O) groups is 2. The van der Waals surface area contributed by atoms with Crippen LogP contribution in [0.5, 0.6) is 0 Å². The molecule has 0 bridgehead atoms. The van der Waals surface area contributed by atoms with E-state index < -0.39 is 0 Å². The van der Waals surface area contributed by atoms with Crippen LogP contribution in [-0.4, -0.2) is 71.3 Å². The molecule has 0 aromatic heterocycles. The average Bonchev–Trinajstić information content (AvgIpc) is 3.19. The van der Waals surface area contributed by atoms with Gasteiger partial charge >= 0.3 is 6.03 Å². The summed E-state index contributed by atoms with van der Waals surface area (Å²) >= 11 is 0. The summed E-state index contributed by atoms with van der Waals surface area (Å²) in [5, 5.41) is 12.0. The van der Waals surface area contributed by atoms with Crippen molar-refractivity contribution in [2.45, 2.75) is 51.6 Å². The van der Waals surface area contributed by atoms with Crippen molar-refractivity contribution < 1.29 is 23.8 Å². The van der Waals surface area contributed by atoms with Crippen LogP contribution in [0.25, 0.3) is 22.3 Å². The molecule has 278 valence electrons. The zero-order valence-corrected chi connectivity index (χ0v) is 30.8. The summed E-state index contributed by atoms with van der Waals surface area (Å²) in [5.74, 6) is -0.212. The van der Waals surface area contributed by atoms with E-state index in [1.165, 1.54) is 11.1 Å². The van der Waals surface area contributed by atoms with Crippen molar-refractivity contribution in [2.24, 2.45) is 0 Å². The van der Waals surface area contributed by atoms with Crippen LogP contribution in [0.1, 0.15) is 62.7 Å². The highest BCUT2D eigenvalue weighted by molar-refractivity contribution is 5.83. The van der Waals surface area contributed by atoms with E-state index in [-0.39, 0.29) is 24.0 Å². The van der Waals surface area contributed by atoms with Gasteiger partial charge in [-0.3, -0.25) is 10.1 Å². The van der Waals surface area contributed by atoms with Crippen molar-refractivity contribution >= 4 is 11.9 Å². The predicted molar refractivity (Wildman–Crippen MR) is 209 cm³/mol. The second-order valence-electron chi connectivity index (χ2n) is 12.8. The second kappa shape index (κ2) is 23.8. The Kier molecular flexibility index (Phi) is 18.4. The maximum Gasteiger partial charge on any atom is 0.314 e. The van der Waals surface area contributed by atoms with Gasteiger partial charge in [-0.2, -0.15) is 0 Å². The Morgan fingerprint density at radius 1 is 0.519 bits per heavy atom. The SMILES string of the molecule is CC(OCNCCCOCCCNC(=O)NCCCOCCCNC(=O)C(C)c1ccc(-c2ccccc2)cc1)c1ccc(-c2ccccc2)cc1. The maximum atomic E-state index is 12.6. The fourth-order valence-electron chi connectivity index (χ4n) is 5.53. The molecular formula is C43H56N4O5. The van der Waals surface area contributed by atoms with Crippen LogP contribution in [0.3, 0.4) is 0 Å². The molecule has 52 heavy (non-hydrogen) atoms. The lowest BCUT2D eigenvalue weighted by Gasteiger charge is -2.15. The van der Waals surface area contributed by atoms with Crippen molar-refractivity contribution in [2.75, 3.05) is 59.3 Å². The van der Waals surface area contributed by atoms with E-state index >= 15 is 0 Å². The lowest BCUT2D eigenvalue weighted by Crippen LogP contribution is -2.37. The largest absolute Gasteiger partial charge is 0.381 e. The molecule has 0 saturated heterocycles. The molecule has 0 spiro atoms. The Bertz CT molecular complexity index is 1550. The van der Waals surface area contributed by atoms with Crippen LogP contribution in [0.15, 0.2) is 109 Å². The molecule has 2 atom stereocenters. The molecule has 4 N–H and O–H groups in total. The third kappa shape index (κ3) is 15.0. The van der Waals surface area contributed by atoms with Crippen LogP contribution in [0, 0.1) is 0 Å². The van der Waals surface area contributed by atoms with Crippen LogP contribution < -0.4 is 21.3 Å².